The van der Waals surface area contributed by atoms with E-state index >= 15 is 0 Å². The van der Waals surface area contributed by atoms with Crippen LogP contribution < -0.4 is 5.32 Å². The molecule has 90 valence electrons. The van der Waals surface area contributed by atoms with Crippen LogP contribution in [0.15, 0.2) is 6.33 Å². The van der Waals surface area contributed by atoms with E-state index in [0.717, 1.165) is 38.5 Å². The molecule has 0 radical (unpaired) electrons. The average Bonchev–Trinajstić information content (AvgIpc) is 2.93. The van der Waals surface area contributed by atoms with E-state index < -0.39 is 0 Å². The molecular weight excluding hydrogens is 204 g/mol. The van der Waals surface area contributed by atoms with Gasteiger partial charge in [0.05, 0.1) is 19.1 Å². The maximum atomic E-state index is 5.55. The molecule has 2 heterocycles. The van der Waals surface area contributed by atoms with Crippen molar-refractivity contribution in [3.63, 3.8) is 0 Å². The third-order valence-electron chi connectivity index (χ3n) is 3.05. The van der Waals surface area contributed by atoms with Crippen molar-refractivity contribution in [2.45, 2.75) is 38.8 Å². The Bertz CT molecular complexity index is 326. The average molecular weight is 224 g/mol. The standard InChI is InChI=1S/C11H20N4O/c1-3-5-12-10-7-16-6-9(10)11-14-13-8-15(11)4-2/h8-10,12H,3-7H2,1-2H3. The van der Waals surface area contributed by atoms with Crippen molar-refractivity contribution >= 4 is 0 Å². The third kappa shape index (κ3) is 2.25. The van der Waals surface area contributed by atoms with Crippen molar-refractivity contribution in [2.75, 3.05) is 19.8 Å². The minimum Gasteiger partial charge on any atom is -0.379 e. The Morgan fingerprint density at radius 2 is 2.38 bits per heavy atom. The summed E-state index contributed by atoms with van der Waals surface area (Å²) in [5.41, 5.74) is 0. The number of nitrogens with zero attached hydrogens (tertiary/aromatic N) is 3. The van der Waals surface area contributed by atoms with Gasteiger partial charge in [0.25, 0.3) is 0 Å². The van der Waals surface area contributed by atoms with Gasteiger partial charge in [0.2, 0.25) is 0 Å². The molecule has 1 saturated heterocycles. The Labute approximate surface area is 96.2 Å². The van der Waals surface area contributed by atoms with Gasteiger partial charge in [-0.15, -0.1) is 10.2 Å². The first-order valence-corrected chi connectivity index (χ1v) is 6.05. The molecule has 0 saturated carbocycles. The fourth-order valence-corrected chi connectivity index (χ4v) is 2.13. The van der Waals surface area contributed by atoms with Crippen LogP contribution in [-0.2, 0) is 11.3 Å². The second-order valence-electron chi connectivity index (χ2n) is 4.18. The highest BCUT2D eigenvalue weighted by Gasteiger charge is 2.32. The van der Waals surface area contributed by atoms with Crippen LogP contribution in [0.3, 0.4) is 0 Å². The van der Waals surface area contributed by atoms with Crippen molar-refractivity contribution in [3.05, 3.63) is 12.2 Å². The summed E-state index contributed by atoms with van der Waals surface area (Å²) >= 11 is 0. The van der Waals surface area contributed by atoms with Crippen LogP contribution in [0.2, 0.25) is 0 Å². The van der Waals surface area contributed by atoms with Crippen LogP contribution in [0, 0.1) is 0 Å². The molecule has 0 aromatic carbocycles. The van der Waals surface area contributed by atoms with E-state index in [4.69, 9.17) is 4.74 Å². The van der Waals surface area contributed by atoms with Crippen molar-refractivity contribution in [2.24, 2.45) is 0 Å². The molecule has 1 aromatic heterocycles. The Morgan fingerprint density at radius 3 is 3.12 bits per heavy atom. The Kier molecular flexibility index (Phi) is 3.90. The van der Waals surface area contributed by atoms with Crippen LogP contribution in [-0.4, -0.2) is 40.6 Å². The lowest BCUT2D eigenvalue weighted by Crippen LogP contribution is -2.35. The van der Waals surface area contributed by atoms with Crippen LogP contribution in [0.1, 0.15) is 32.0 Å². The molecular formula is C11H20N4O. The van der Waals surface area contributed by atoms with Gasteiger partial charge in [0.1, 0.15) is 12.2 Å². The zero-order valence-electron chi connectivity index (χ0n) is 10.0. The summed E-state index contributed by atoms with van der Waals surface area (Å²) in [6.45, 7) is 7.76. The molecule has 16 heavy (non-hydrogen) atoms. The van der Waals surface area contributed by atoms with E-state index in [1.165, 1.54) is 0 Å². The lowest BCUT2D eigenvalue weighted by molar-refractivity contribution is 0.187. The lowest BCUT2D eigenvalue weighted by Gasteiger charge is -2.18. The van der Waals surface area contributed by atoms with E-state index in [1.807, 2.05) is 0 Å². The first-order chi connectivity index (χ1) is 7.86. The maximum Gasteiger partial charge on any atom is 0.139 e. The van der Waals surface area contributed by atoms with E-state index in [1.54, 1.807) is 6.33 Å². The Balaban J connectivity index is 2.07. The second-order valence-corrected chi connectivity index (χ2v) is 4.18. The second kappa shape index (κ2) is 5.41. The molecule has 1 aliphatic heterocycles. The fraction of sp³-hybridized carbons (Fsp3) is 0.818. The minimum atomic E-state index is 0.342. The number of nitrogens with one attached hydrogen (secondary N) is 1. The number of aryl methyl sites for hydroxylation is 1. The zero-order valence-corrected chi connectivity index (χ0v) is 10.0. The zero-order chi connectivity index (χ0) is 11.4. The molecule has 1 N–H and O–H groups in total. The molecule has 1 fully saturated rings. The van der Waals surface area contributed by atoms with Gasteiger partial charge in [0.15, 0.2) is 0 Å². The number of hydrogen-bond donors (Lipinski definition) is 1. The topological polar surface area (TPSA) is 52.0 Å². The monoisotopic (exact) mass is 224 g/mol. The summed E-state index contributed by atoms with van der Waals surface area (Å²) < 4.78 is 7.64. The largest absolute Gasteiger partial charge is 0.379 e. The van der Waals surface area contributed by atoms with E-state index in [9.17, 15) is 0 Å². The summed E-state index contributed by atoms with van der Waals surface area (Å²) in [5.74, 6) is 1.39. The van der Waals surface area contributed by atoms with E-state index in [2.05, 4.69) is 33.9 Å². The number of rotatable bonds is 5. The molecule has 5 heteroatoms. The minimum absolute atomic E-state index is 0.342. The van der Waals surface area contributed by atoms with Crippen molar-refractivity contribution in [1.82, 2.24) is 20.1 Å². The molecule has 0 aliphatic carbocycles. The quantitative estimate of drug-likeness (QED) is 0.803. The highest BCUT2D eigenvalue weighted by atomic mass is 16.5. The highest BCUT2D eigenvalue weighted by molar-refractivity contribution is 5.04. The highest BCUT2D eigenvalue weighted by Crippen LogP contribution is 2.24. The molecule has 0 spiro atoms. The summed E-state index contributed by atoms with van der Waals surface area (Å²) in [7, 11) is 0. The van der Waals surface area contributed by atoms with Gasteiger partial charge in [-0.25, -0.2) is 0 Å². The SMILES string of the molecule is CCCNC1COCC1c1nncn1CC. The first-order valence-electron chi connectivity index (χ1n) is 6.05. The van der Waals surface area contributed by atoms with Crippen molar-refractivity contribution in [3.8, 4) is 0 Å². The first kappa shape index (κ1) is 11.5. The maximum absolute atomic E-state index is 5.55. The molecule has 1 aromatic rings. The predicted molar refractivity (Wildman–Crippen MR) is 61.3 cm³/mol. The van der Waals surface area contributed by atoms with Gasteiger partial charge >= 0.3 is 0 Å². The molecule has 5 nitrogen and oxygen atoms in total. The summed E-state index contributed by atoms with van der Waals surface area (Å²) in [6.07, 6.45) is 2.94. The summed E-state index contributed by atoms with van der Waals surface area (Å²) in [6, 6.07) is 0.384. The van der Waals surface area contributed by atoms with Crippen LogP contribution in [0.25, 0.3) is 0 Å². The molecule has 0 amide bonds. The predicted octanol–water partition coefficient (Wildman–Crippen LogP) is 0.780. The molecule has 2 unspecified atom stereocenters. The lowest BCUT2D eigenvalue weighted by atomic mass is 10.0. The van der Waals surface area contributed by atoms with Gasteiger partial charge in [-0.05, 0) is 19.9 Å². The number of aromatic nitrogens is 3. The molecule has 2 rings (SSSR count). The van der Waals surface area contributed by atoms with Gasteiger partial charge in [-0.3, -0.25) is 0 Å². The van der Waals surface area contributed by atoms with Gasteiger partial charge in [-0.1, -0.05) is 6.92 Å². The smallest absolute Gasteiger partial charge is 0.139 e. The van der Waals surface area contributed by atoms with Crippen LogP contribution in [0.4, 0.5) is 0 Å². The van der Waals surface area contributed by atoms with Crippen molar-refractivity contribution < 1.29 is 4.74 Å². The molecule has 0 bridgehead atoms. The van der Waals surface area contributed by atoms with Gasteiger partial charge < -0.3 is 14.6 Å². The summed E-state index contributed by atoms with van der Waals surface area (Å²) in [5, 5.41) is 11.7. The van der Waals surface area contributed by atoms with E-state index in [-0.39, 0.29) is 0 Å². The fourth-order valence-electron chi connectivity index (χ4n) is 2.13. The Hall–Kier alpha value is -0.940. The molecule has 2 atom stereocenters. The van der Waals surface area contributed by atoms with E-state index in [0.29, 0.717) is 12.0 Å². The molecule has 1 aliphatic rings. The van der Waals surface area contributed by atoms with Crippen molar-refractivity contribution in [1.29, 1.82) is 0 Å². The van der Waals surface area contributed by atoms with Crippen LogP contribution >= 0.6 is 0 Å². The van der Waals surface area contributed by atoms with Gasteiger partial charge in [-0.2, -0.15) is 0 Å². The number of hydrogen-bond acceptors (Lipinski definition) is 4. The number of ether oxygens (including phenoxy) is 1. The normalized spacial score (nSPS) is 25.1. The third-order valence-corrected chi connectivity index (χ3v) is 3.05. The van der Waals surface area contributed by atoms with Gasteiger partial charge in [0, 0.05) is 12.6 Å². The Morgan fingerprint density at radius 1 is 1.50 bits per heavy atom. The summed E-state index contributed by atoms with van der Waals surface area (Å²) in [4.78, 5) is 0. The van der Waals surface area contributed by atoms with Crippen LogP contribution in [0.5, 0.6) is 0 Å².